The van der Waals surface area contributed by atoms with Crippen molar-refractivity contribution in [1.82, 2.24) is 10.6 Å². The molecule has 0 saturated carbocycles. The summed E-state index contributed by atoms with van der Waals surface area (Å²) in [6, 6.07) is 21.7. The van der Waals surface area contributed by atoms with Gasteiger partial charge < -0.3 is 0 Å². The van der Waals surface area contributed by atoms with Gasteiger partial charge in [-0.15, -0.1) is 0 Å². The van der Waals surface area contributed by atoms with Gasteiger partial charge in [-0.05, 0) is 37.1 Å². The number of hydrogen-bond donors (Lipinski definition) is 2. The van der Waals surface area contributed by atoms with E-state index in [2.05, 4.69) is 73.0 Å². The summed E-state index contributed by atoms with van der Waals surface area (Å²) in [4.78, 5) is 0. The van der Waals surface area contributed by atoms with Gasteiger partial charge in [0.1, 0.15) is 5.82 Å². The van der Waals surface area contributed by atoms with Crippen LogP contribution in [-0.4, -0.2) is 0 Å². The lowest BCUT2D eigenvalue weighted by molar-refractivity contribution is 0.510. The van der Waals surface area contributed by atoms with Gasteiger partial charge in [-0.3, -0.25) is 10.6 Å². The van der Waals surface area contributed by atoms with Gasteiger partial charge in [0.25, 0.3) is 0 Å². The number of aryl methyl sites for hydroxylation is 2. The summed E-state index contributed by atoms with van der Waals surface area (Å²) in [6.07, 6.45) is -0.365. The minimum absolute atomic E-state index is 0.00831. The van der Waals surface area contributed by atoms with Crippen molar-refractivity contribution < 1.29 is 4.39 Å². The van der Waals surface area contributed by atoms with Crippen molar-refractivity contribution in [3.05, 3.63) is 105 Å². The summed E-state index contributed by atoms with van der Waals surface area (Å²) in [5.74, 6) is -0.306. The standard InChI is InChI=1S/C23H22ClFN2/c1-14-6-10-16(11-7-14)21-22(17-12-8-15(2)9-13-17)27-23(26-21)20-18(24)4-3-5-19(20)25/h3-13,21-23,26-27H,1-2H3. The Kier molecular flexibility index (Phi) is 5.00. The Morgan fingerprint density at radius 3 is 1.67 bits per heavy atom. The van der Waals surface area contributed by atoms with Gasteiger partial charge in [-0.2, -0.15) is 0 Å². The van der Waals surface area contributed by atoms with E-state index in [9.17, 15) is 4.39 Å². The van der Waals surface area contributed by atoms with Gasteiger partial charge in [0.2, 0.25) is 0 Å². The van der Waals surface area contributed by atoms with Gasteiger partial charge in [-0.1, -0.05) is 77.3 Å². The molecule has 1 saturated heterocycles. The van der Waals surface area contributed by atoms with Crippen molar-refractivity contribution in [2.45, 2.75) is 32.1 Å². The van der Waals surface area contributed by atoms with Crippen LogP contribution in [0.5, 0.6) is 0 Å². The van der Waals surface area contributed by atoms with E-state index in [1.165, 1.54) is 17.2 Å². The Hall–Kier alpha value is -2.20. The Labute approximate surface area is 164 Å². The highest BCUT2D eigenvalue weighted by atomic mass is 35.5. The second-order valence-corrected chi connectivity index (χ2v) is 7.59. The molecule has 2 atom stereocenters. The van der Waals surface area contributed by atoms with Crippen molar-refractivity contribution >= 4 is 11.6 Å². The zero-order valence-electron chi connectivity index (χ0n) is 15.3. The Morgan fingerprint density at radius 1 is 0.741 bits per heavy atom. The summed E-state index contributed by atoms with van der Waals surface area (Å²) >= 11 is 6.32. The van der Waals surface area contributed by atoms with Crippen molar-refractivity contribution in [3.63, 3.8) is 0 Å². The molecule has 0 radical (unpaired) electrons. The van der Waals surface area contributed by atoms with Crippen molar-refractivity contribution in [2.24, 2.45) is 0 Å². The molecule has 3 aromatic rings. The fourth-order valence-electron chi connectivity index (χ4n) is 3.68. The van der Waals surface area contributed by atoms with Gasteiger partial charge in [-0.25, -0.2) is 4.39 Å². The monoisotopic (exact) mass is 380 g/mol. The number of benzene rings is 3. The molecule has 2 N–H and O–H groups in total. The third-order valence-electron chi connectivity index (χ3n) is 5.19. The van der Waals surface area contributed by atoms with E-state index in [1.807, 2.05) is 0 Å². The van der Waals surface area contributed by atoms with Crippen molar-refractivity contribution in [1.29, 1.82) is 0 Å². The second-order valence-electron chi connectivity index (χ2n) is 7.18. The average Bonchev–Trinajstić information content (AvgIpc) is 3.08. The zero-order valence-corrected chi connectivity index (χ0v) is 16.1. The van der Waals surface area contributed by atoms with Crippen LogP contribution in [0.2, 0.25) is 5.02 Å². The maximum atomic E-state index is 14.5. The van der Waals surface area contributed by atoms with Crippen LogP contribution in [0.1, 0.15) is 46.1 Å². The maximum Gasteiger partial charge on any atom is 0.130 e. The smallest absolute Gasteiger partial charge is 0.130 e. The summed E-state index contributed by atoms with van der Waals surface area (Å²) in [7, 11) is 0. The predicted octanol–water partition coefficient (Wildman–Crippen LogP) is 5.77. The minimum Gasteiger partial charge on any atom is -0.289 e. The van der Waals surface area contributed by atoms with Crippen LogP contribution in [0.4, 0.5) is 4.39 Å². The number of halogens is 2. The summed E-state index contributed by atoms with van der Waals surface area (Å²) in [5.41, 5.74) is 5.21. The lowest BCUT2D eigenvalue weighted by Crippen LogP contribution is -2.24. The van der Waals surface area contributed by atoms with Gasteiger partial charge in [0.15, 0.2) is 0 Å². The predicted molar refractivity (Wildman–Crippen MR) is 108 cm³/mol. The number of hydrogen-bond acceptors (Lipinski definition) is 2. The van der Waals surface area contributed by atoms with E-state index in [4.69, 9.17) is 11.6 Å². The van der Waals surface area contributed by atoms with Crippen LogP contribution in [0.3, 0.4) is 0 Å². The molecule has 4 rings (SSSR count). The number of rotatable bonds is 3. The van der Waals surface area contributed by atoms with Crippen LogP contribution >= 0.6 is 11.6 Å². The van der Waals surface area contributed by atoms with E-state index >= 15 is 0 Å². The third kappa shape index (κ3) is 3.63. The molecule has 0 amide bonds. The van der Waals surface area contributed by atoms with Crippen LogP contribution in [-0.2, 0) is 0 Å². The highest BCUT2D eigenvalue weighted by Crippen LogP contribution is 2.40. The molecule has 0 aliphatic carbocycles. The topological polar surface area (TPSA) is 24.1 Å². The summed E-state index contributed by atoms with van der Waals surface area (Å²) in [6.45, 7) is 4.15. The molecule has 1 fully saturated rings. The van der Waals surface area contributed by atoms with E-state index in [0.717, 1.165) is 11.1 Å². The molecule has 2 unspecified atom stereocenters. The molecule has 2 nitrogen and oxygen atoms in total. The molecule has 3 aromatic carbocycles. The van der Waals surface area contributed by atoms with Crippen LogP contribution < -0.4 is 10.6 Å². The Bertz CT molecular complexity index is 864. The minimum atomic E-state index is -0.365. The second kappa shape index (κ2) is 7.43. The fourth-order valence-corrected chi connectivity index (χ4v) is 3.95. The SMILES string of the molecule is Cc1ccc(C2NC(c3c(F)cccc3Cl)NC2c2ccc(C)cc2)cc1. The highest BCUT2D eigenvalue weighted by molar-refractivity contribution is 6.31. The first-order valence-corrected chi connectivity index (χ1v) is 9.50. The van der Waals surface area contributed by atoms with E-state index in [0.29, 0.717) is 10.6 Å². The van der Waals surface area contributed by atoms with E-state index < -0.39 is 0 Å². The normalized spacial score (nSPS) is 22.1. The van der Waals surface area contributed by atoms with Crippen molar-refractivity contribution in [3.8, 4) is 0 Å². The Balaban J connectivity index is 1.74. The summed E-state index contributed by atoms with van der Waals surface area (Å²) in [5, 5.41) is 7.53. The molecule has 0 aromatic heterocycles. The molecular weight excluding hydrogens is 359 g/mol. The van der Waals surface area contributed by atoms with E-state index in [1.54, 1.807) is 12.1 Å². The van der Waals surface area contributed by atoms with Crippen LogP contribution in [0, 0.1) is 19.7 Å². The lowest BCUT2D eigenvalue weighted by atomic mass is 9.94. The average molecular weight is 381 g/mol. The van der Waals surface area contributed by atoms with Crippen LogP contribution in [0.15, 0.2) is 66.7 Å². The molecule has 1 aliphatic heterocycles. The van der Waals surface area contributed by atoms with E-state index in [-0.39, 0.29) is 24.1 Å². The molecule has 0 spiro atoms. The maximum absolute atomic E-state index is 14.5. The Morgan fingerprint density at radius 2 is 1.22 bits per heavy atom. The molecular formula is C23H22ClFN2. The first-order chi connectivity index (χ1) is 13.0. The third-order valence-corrected chi connectivity index (χ3v) is 5.52. The molecule has 1 aliphatic rings. The van der Waals surface area contributed by atoms with Gasteiger partial charge in [0, 0.05) is 10.6 Å². The molecule has 4 heteroatoms. The fraction of sp³-hybridized carbons (Fsp3) is 0.217. The molecule has 0 bridgehead atoms. The van der Waals surface area contributed by atoms with Gasteiger partial charge in [0.05, 0.1) is 18.2 Å². The molecule has 1 heterocycles. The lowest BCUT2D eigenvalue weighted by Gasteiger charge is -2.20. The number of nitrogens with one attached hydrogen (secondary N) is 2. The largest absolute Gasteiger partial charge is 0.289 e. The molecule has 27 heavy (non-hydrogen) atoms. The first kappa shape index (κ1) is 18.2. The zero-order chi connectivity index (χ0) is 19.0. The van der Waals surface area contributed by atoms with Gasteiger partial charge >= 0.3 is 0 Å². The van der Waals surface area contributed by atoms with Crippen LogP contribution in [0.25, 0.3) is 0 Å². The molecule has 138 valence electrons. The van der Waals surface area contributed by atoms with Crippen molar-refractivity contribution in [2.75, 3.05) is 0 Å². The highest BCUT2D eigenvalue weighted by Gasteiger charge is 2.37. The first-order valence-electron chi connectivity index (χ1n) is 9.12. The summed E-state index contributed by atoms with van der Waals surface area (Å²) < 4.78 is 14.5. The quantitative estimate of drug-likeness (QED) is 0.602.